The number of carbonyl (C=O) groups is 3. The minimum absolute atomic E-state index is 0.0201. The minimum atomic E-state index is -1.02. The summed E-state index contributed by atoms with van der Waals surface area (Å²) in [6.07, 6.45) is 61.3. The molecule has 0 heterocycles. The maximum atomic E-state index is 12.8. The minimum Gasteiger partial charge on any atom is -0.480 e. The van der Waals surface area contributed by atoms with Crippen molar-refractivity contribution in [3.05, 3.63) is 85.1 Å². The van der Waals surface area contributed by atoms with E-state index in [9.17, 15) is 14.4 Å². The fourth-order valence-electron chi connectivity index (χ4n) is 6.22. The zero-order valence-electron chi connectivity index (χ0n) is 36.0. The second-order valence-electron chi connectivity index (χ2n) is 14.9. The molecule has 0 bridgehead atoms. The van der Waals surface area contributed by atoms with Crippen LogP contribution in [0.3, 0.4) is 0 Å². The van der Waals surface area contributed by atoms with E-state index in [4.69, 9.17) is 9.84 Å². The molecule has 56 heavy (non-hydrogen) atoms. The number of amides is 1. The molecule has 6 heteroatoms. The highest BCUT2D eigenvalue weighted by molar-refractivity contribution is 5.80. The van der Waals surface area contributed by atoms with E-state index < -0.39 is 5.97 Å². The topological polar surface area (TPSA) is 92.7 Å². The number of aliphatic carboxylic acids is 1. The van der Waals surface area contributed by atoms with E-state index in [1.165, 1.54) is 38.5 Å². The number of unbranched alkanes of at least 4 members (excludes halogenated alkanes) is 15. The molecule has 0 rings (SSSR count). The van der Waals surface area contributed by atoms with E-state index in [1.807, 2.05) is 0 Å². The largest absolute Gasteiger partial charge is 0.480 e. The lowest BCUT2D eigenvalue weighted by atomic mass is 10.0. The number of carbonyl (C=O) groups excluding carboxylic acids is 2. The summed E-state index contributed by atoms with van der Waals surface area (Å²) in [5, 5.41) is 11.1. The normalized spacial score (nSPS) is 12.9. The molecular formula is C50H83NO5. The highest BCUT2D eigenvalue weighted by atomic mass is 16.5. The van der Waals surface area contributed by atoms with Crippen molar-refractivity contribution in [1.29, 1.82) is 0 Å². The van der Waals surface area contributed by atoms with Gasteiger partial charge in [0.25, 0.3) is 0 Å². The van der Waals surface area contributed by atoms with E-state index in [2.05, 4.69) is 104 Å². The zero-order valence-corrected chi connectivity index (χ0v) is 36.0. The third-order valence-corrected chi connectivity index (χ3v) is 9.55. The standard InChI is InChI=1S/C50H83NO5/c1-3-5-7-9-11-13-15-17-19-20-21-22-24-26-28-30-32-37-41-45-50(55)56-47(43-39-35-33-36-40-44-48(52)51-46-49(53)54)42-38-34-31-29-27-25-23-18-16-14-12-10-8-6-4-2/h5,7,11,13,16-19,21-22,25-28,47H,3-4,6,8-10,12,14-15,20,23-24,29-46H2,1-2H3,(H,51,52)(H,53,54)/b7-5-,13-11-,18-16-,19-17-,22-21-,27-25-,28-26-. The Balaban J connectivity index is 4.31. The van der Waals surface area contributed by atoms with Crippen LogP contribution in [0.25, 0.3) is 0 Å². The molecule has 2 N–H and O–H groups in total. The summed E-state index contributed by atoms with van der Waals surface area (Å²) in [5.41, 5.74) is 0. The van der Waals surface area contributed by atoms with Crippen LogP contribution in [0, 0.1) is 0 Å². The molecule has 0 aromatic carbocycles. The van der Waals surface area contributed by atoms with E-state index in [1.54, 1.807) is 0 Å². The van der Waals surface area contributed by atoms with Crippen molar-refractivity contribution < 1.29 is 24.2 Å². The molecule has 0 fully saturated rings. The van der Waals surface area contributed by atoms with Gasteiger partial charge in [0.15, 0.2) is 0 Å². The van der Waals surface area contributed by atoms with Gasteiger partial charge in [0.05, 0.1) is 0 Å². The van der Waals surface area contributed by atoms with Gasteiger partial charge >= 0.3 is 11.9 Å². The van der Waals surface area contributed by atoms with Gasteiger partial charge in [0.2, 0.25) is 5.91 Å². The van der Waals surface area contributed by atoms with Gasteiger partial charge in [-0.15, -0.1) is 0 Å². The number of ether oxygens (including phenoxy) is 1. The number of hydrogen-bond donors (Lipinski definition) is 2. The number of esters is 1. The molecule has 0 saturated heterocycles. The van der Waals surface area contributed by atoms with Crippen molar-refractivity contribution in [3.8, 4) is 0 Å². The molecule has 1 atom stereocenters. The van der Waals surface area contributed by atoms with Gasteiger partial charge in [-0.25, -0.2) is 0 Å². The SMILES string of the molecule is CC/C=C\C/C=C\C/C=C\C/C=C\C/C=C\CCCCCC(=O)OC(CCCCC/C=C\C/C=C\CCCCCCC)CCCCCCCC(=O)NCC(=O)O. The highest BCUT2D eigenvalue weighted by Gasteiger charge is 2.14. The fourth-order valence-corrected chi connectivity index (χ4v) is 6.22. The molecule has 0 spiro atoms. The van der Waals surface area contributed by atoms with Crippen molar-refractivity contribution in [3.63, 3.8) is 0 Å². The predicted molar refractivity (Wildman–Crippen MR) is 240 cm³/mol. The summed E-state index contributed by atoms with van der Waals surface area (Å²) in [6, 6.07) is 0. The van der Waals surface area contributed by atoms with Crippen LogP contribution in [-0.4, -0.2) is 35.6 Å². The lowest BCUT2D eigenvalue weighted by Crippen LogP contribution is -2.28. The average molecular weight is 778 g/mol. The molecular weight excluding hydrogens is 695 g/mol. The van der Waals surface area contributed by atoms with Crippen LogP contribution in [0.1, 0.15) is 200 Å². The summed E-state index contributed by atoms with van der Waals surface area (Å²) in [5.74, 6) is -1.29. The number of carboxylic acids is 1. The Morgan fingerprint density at radius 1 is 0.482 bits per heavy atom. The molecule has 318 valence electrons. The summed E-state index contributed by atoms with van der Waals surface area (Å²) in [7, 11) is 0. The molecule has 0 aliphatic heterocycles. The van der Waals surface area contributed by atoms with Crippen molar-refractivity contribution in [2.45, 2.75) is 206 Å². The summed E-state index contributed by atoms with van der Waals surface area (Å²) >= 11 is 0. The van der Waals surface area contributed by atoms with E-state index in [-0.39, 0.29) is 24.5 Å². The van der Waals surface area contributed by atoms with Gasteiger partial charge in [0, 0.05) is 12.8 Å². The first-order chi connectivity index (χ1) is 27.5. The summed E-state index contributed by atoms with van der Waals surface area (Å²) < 4.78 is 6.02. The molecule has 6 nitrogen and oxygen atoms in total. The van der Waals surface area contributed by atoms with Gasteiger partial charge in [-0.1, -0.05) is 157 Å². The first-order valence-electron chi connectivity index (χ1n) is 22.7. The number of nitrogens with one attached hydrogen (secondary N) is 1. The van der Waals surface area contributed by atoms with E-state index >= 15 is 0 Å². The zero-order chi connectivity index (χ0) is 40.8. The van der Waals surface area contributed by atoms with Gasteiger partial charge in [0.1, 0.15) is 12.6 Å². The fraction of sp³-hybridized carbons (Fsp3) is 0.660. The van der Waals surface area contributed by atoms with Crippen molar-refractivity contribution in [2.24, 2.45) is 0 Å². The smallest absolute Gasteiger partial charge is 0.322 e. The maximum absolute atomic E-state index is 12.8. The Morgan fingerprint density at radius 3 is 1.38 bits per heavy atom. The molecule has 0 aromatic rings. The number of rotatable bonds is 40. The molecule has 0 saturated carbocycles. The Bertz CT molecular complexity index is 1130. The Kier molecular flexibility index (Phi) is 41.6. The van der Waals surface area contributed by atoms with Crippen molar-refractivity contribution >= 4 is 17.8 Å². The third kappa shape index (κ3) is 43.3. The van der Waals surface area contributed by atoms with Gasteiger partial charge < -0.3 is 15.2 Å². The number of allylic oxidation sites excluding steroid dienone is 14. The summed E-state index contributed by atoms with van der Waals surface area (Å²) in [6.45, 7) is 4.09. The highest BCUT2D eigenvalue weighted by Crippen LogP contribution is 2.18. The molecule has 1 amide bonds. The van der Waals surface area contributed by atoms with Gasteiger partial charge in [-0.05, 0) is 116 Å². The molecule has 0 aliphatic carbocycles. The summed E-state index contributed by atoms with van der Waals surface area (Å²) in [4.78, 5) is 35.1. The number of hydrogen-bond acceptors (Lipinski definition) is 4. The van der Waals surface area contributed by atoms with Gasteiger partial charge in [-0.2, -0.15) is 0 Å². The first-order valence-corrected chi connectivity index (χ1v) is 22.7. The maximum Gasteiger partial charge on any atom is 0.322 e. The molecule has 1 unspecified atom stereocenters. The third-order valence-electron chi connectivity index (χ3n) is 9.55. The van der Waals surface area contributed by atoms with Crippen LogP contribution >= 0.6 is 0 Å². The van der Waals surface area contributed by atoms with E-state index in [0.717, 1.165) is 135 Å². The quantitative estimate of drug-likeness (QED) is 0.0367. The van der Waals surface area contributed by atoms with E-state index in [0.29, 0.717) is 12.8 Å². The van der Waals surface area contributed by atoms with Crippen LogP contribution in [0.2, 0.25) is 0 Å². The monoisotopic (exact) mass is 778 g/mol. The van der Waals surface area contributed by atoms with Crippen LogP contribution in [-0.2, 0) is 19.1 Å². The molecule has 0 aromatic heterocycles. The number of carboxylic acid groups (broad SMARTS) is 1. The first kappa shape index (κ1) is 52.6. The molecule has 0 radical (unpaired) electrons. The van der Waals surface area contributed by atoms with Crippen LogP contribution in [0.15, 0.2) is 85.1 Å². The Morgan fingerprint density at radius 2 is 0.875 bits per heavy atom. The lowest BCUT2D eigenvalue weighted by Gasteiger charge is -2.18. The van der Waals surface area contributed by atoms with Crippen LogP contribution in [0.5, 0.6) is 0 Å². The average Bonchev–Trinajstić information content (AvgIpc) is 3.18. The van der Waals surface area contributed by atoms with Crippen LogP contribution < -0.4 is 5.32 Å². The molecule has 0 aliphatic rings. The second kappa shape index (κ2) is 44.3. The van der Waals surface area contributed by atoms with Crippen molar-refractivity contribution in [2.75, 3.05) is 6.54 Å². The second-order valence-corrected chi connectivity index (χ2v) is 14.9. The van der Waals surface area contributed by atoms with Gasteiger partial charge in [-0.3, -0.25) is 14.4 Å². The predicted octanol–water partition coefficient (Wildman–Crippen LogP) is 14.3. The van der Waals surface area contributed by atoms with Crippen molar-refractivity contribution in [1.82, 2.24) is 5.32 Å². The Hall–Kier alpha value is -3.41. The Labute approximate surface area is 344 Å². The lowest BCUT2D eigenvalue weighted by molar-refractivity contribution is -0.150. The van der Waals surface area contributed by atoms with Crippen LogP contribution in [0.4, 0.5) is 0 Å².